The number of rotatable bonds is 4. The van der Waals surface area contributed by atoms with Gasteiger partial charge in [-0.1, -0.05) is 42.4 Å². The van der Waals surface area contributed by atoms with Crippen LogP contribution in [0, 0.1) is 5.82 Å². The van der Waals surface area contributed by atoms with Crippen LogP contribution in [-0.2, 0) is 6.54 Å². The van der Waals surface area contributed by atoms with Gasteiger partial charge in [-0.3, -0.25) is 9.79 Å². The highest BCUT2D eigenvalue weighted by molar-refractivity contribution is 7.99. The lowest BCUT2D eigenvalue weighted by Crippen LogP contribution is -2.22. The van der Waals surface area contributed by atoms with E-state index in [0.717, 1.165) is 38.7 Å². The number of hydrogen-bond donors (Lipinski definition) is 1. The number of amides is 1. The molecule has 146 valence electrons. The van der Waals surface area contributed by atoms with Crippen LogP contribution in [0.1, 0.15) is 34.8 Å². The Balaban J connectivity index is 1.59. The number of fused-ring (bicyclic) bond motifs is 2. The summed E-state index contributed by atoms with van der Waals surface area (Å²) in [6, 6.07) is 17.4. The maximum absolute atomic E-state index is 13.0. The van der Waals surface area contributed by atoms with E-state index in [4.69, 9.17) is 16.6 Å². The van der Waals surface area contributed by atoms with Crippen LogP contribution in [0.2, 0.25) is 5.02 Å². The summed E-state index contributed by atoms with van der Waals surface area (Å²) in [5.74, 6) is -0.490. The Morgan fingerprint density at radius 1 is 1.07 bits per heavy atom. The van der Waals surface area contributed by atoms with E-state index < -0.39 is 0 Å². The van der Waals surface area contributed by atoms with E-state index in [-0.39, 0.29) is 11.7 Å². The molecule has 0 fully saturated rings. The van der Waals surface area contributed by atoms with E-state index in [1.807, 2.05) is 30.3 Å². The molecule has 1 N–H and O–H groups in total. The first-order valence-electron chi connectivity index (χ1n) is 9.25. The quantitative estimate of drug-likeness (QED) is 0.526. The number of carbonyl (C=O) groups is 1. The van der Waals surface area contributed by atoms with Gasteiger partial charge in [0.2, 0.25) is 0 Å². The van der Waals surface area contributed by atoms with E-state index in [0.29, 0.717) is 17.1 Å². The number of halogens is 2. The monoisotopic (exact) mass is 424 g/mol. The molecular weight excluding hydrogens is 407 g/mol. The molecule has 29 heavy (non-hydrogen) atoms. The molecule has 0 saturated heterocycles. The van der Waals surface area contributed by atoms with Crippen molar-refractivity contribution in [2.75, 3.05) is 0 Å². The van der Waals surface area contributed by atoms with Crippen molar-refractivity contribution in [2.24, 2.45) is 4.99 Å². The van der Waals surface area contributed by atoms with E-state index in [9.17, 15) is 9.18 Å². The molecule has 0 atom stereocenters. The Morgan fingerprint density at radius 3 is 2.59 bits per heavy atom. The molecule has 0 aliphatic carbocycles. The summed E-state index contributed by atoms with van der Waals surface area (Å²) in [7, 11) is 0. The van der Waals surface area contributed by atoms with Crippen molar-refractivity contribution in [1.29, 1.82) is 0 Å². The summed E-state index contributed by atoms with van der Waals surface area (Å²) in [6.45, 7) is 2.39. The minimum absolute atomic E-state index is 0.194. The Kier molecular flexibility index (Phi) is 5.69. The topological polar surface area (TPSA) is 41.5 Å². The lowest BCUT2D eigenvalue weighted by atomic mass is 10.1. The molecule has 0 spiro atoms. The molecule has 1 aliphatic rings. The second kappa shape index (κ2) is 8.39. The number of benzene rings is 3. The third-order valence-electron chi connectivity index (χ3n) is 4.65. The van der Waals surface area contributed by atoms with Crippen LogP contribution in [0.5, 0.6) is 0 Å². The molecular formula is C23H18ClFN2OS. The Morgan fingerprint density at radius 2 is 1.83 bits per heavy atom. The fourth-order valence-electron chi connectivity index (χ4n) is 3.13. The highest BCUT2D eigenvalue weighted by Gasteiger charge is 2.18. The van der Waals surface area contributed by atoms with Crippen molar-refractivity contribution in [3.63, 3.8) is 0 Å². The normalized spacial score (nSPS) is 12.4. The summed E-state index contributed by atoms with van der Waals surface area (Å²) < 4.78 is 13.0. The van der Waals surface area contributed by atoms with Crippen molar-refractivity contribution in [3.05, 3.63) is 88.2 Å². The first-order valence-corrected chi connectivity index (χ1v) is 10.4. The van der Waals surface area contributed by atoms with E-state index in [2.05, 4.69) is 12.2 Å². The molecule has 0 unspecified atom stereocenters. The summed E-state index contributed by atoms with van der Waals surface area (Å²) in [5.41, 5.74) is 4.12. The van der Waals surface area contributed by atoms with Gasteiger partial charge in [-0.2, -0.15) is 0 Å². The fraction of sp³-hybridized carbons (Fsp3) is 0.130. The molecule has 3 aromatic carbocycles. The standard InChI is InChI=1S/C23H18ClFN2OS/c1-2-19-18-12-16(24)6-10-21(18)29-22-9-5-15(11-20(22)27-19)23(28)26-13-14-3-7-17(25)8-4-14/h3-12H,2,13H2,1H3,(H,26,28). The third kappa shape index (κ3) is 4.36. The van der Waals surface area contributed by atoms with Crippen LogP contribution < -0.4 is 5.32 Å². The lowest BCUT2D eigenvalue weighted by molar-refractivity contribution is 0.0951. The maximum atomic E-state index is 13.0. The molecule has 0 aromatic heterocycles. The average Bonchev–Trinajstić information content (AvgIpc) is 2.88. The number of carbonyl (C=O) groups excluding carboxylic acids is 1. The predicted molar refractivity (Wildman–Crippen MR) is 116 cm³/mol. The predicted octanol–water partition coefficient (Wildman–Crippen LogP) is 6.40. The van der Waals surface area contributed by atoms with Crippen LogP contribution in [0.3, 0.4) is 0 Å². The molecule has 3 nitrogen and oxygen atoms in total. The Hall–Kier alpha value is -2.63. The molecule has 0 radical (unpaired) electrons. The zero-order valence-corrected chi connectivity index (χ0v) is 17.3. The van der Waals surface area contributed by atoms with Crippen molar-refractivity contribution < 1.29 is 9.18 Å². The maximum Gasteiger partial charge on any atom is 0.251 e. The van der Waals surface area contributed by atoms with Crippen LogP contribution in [0.15, 0.2) is 75.4 Å². The van der Waals surface area contributed by atoms with Gasteiger partial charge in [-0.05, 0) is 60.5 Å². The first kappa shape index (κ1) is 19.7. The third-order valence-corrected chi connectivity index (χ3v) is 6.03. The summed E-state index contributed by atoms with van der Waals surface area (Å²) in [6.07, 6.45) is 0.758. The minimum Gasteiger partial charge on any atom is -0.348 e. The summed E-state index contributed by atoms with van der Waals surface area (Å²) in [4.78, 5) is 19.5. The van der Waals surface area contributed by atoms with Gasteiger partial charge in [0, 0.05) is 38.2 Å². The van der Waals surface area contributed by atoms with Gasteiger partial charge in [0.05, 0.1) is 5.69 Å². The van der Waals surface area contributed by atoms with Crippen LogP contribution >= 0.6 is 23.4 Å². The van der Waals surface area contributed by atoms with Crippen LogP contribution in [0.4, 0.5) is 10.1 Å². The number of aliphatic imine (C=N–C) groups is 1. The minimum atomic E-state index is -0.296. The lowest BCUT2D eigenvalue weighted by Gasteiger charge is -2.08. The Labute approximate surface area is 178 Å². The zero-order valence-electron chi connectivity index (χ0n) is 15.7. The van der Waals surface area contributed by atoms with Crippen molar-refractivity contribution in [3.8, 4) is 0 Å². The highest BCUT2D eigenvalue weighted by atomic mass is 35.5. The van der Waals surface area contributed by atoms with E-state index in [1.165, 1.54) is 12.1 Å². The number of hydrogen-bond acceptors (Lipinski definition) is 3. The van der Waals surface area contributed by atoms with Gasteiger partial charge in [-0.15, -0.1) is 0 Å². The van der Waals surface area contributed by atoms with Crippen molar-refractivity contribution in [2.45, 2.75) is 29.7 Å². The van der Waals surface area contributed by atoms with Gasteiger partial charge in [0.25, 0.3) is 5.91 Å². The molecule has 0 saturated carbocycles. The molecule has 1 aliphatic heterocycles. The molecule has 1 amide bonds. The van der Waals surface area contributed by atoms with Gasteiger partial charge in [0.1, 0.15) is 5.82 Å². The second-order valence-electron chi connectivity index (χ2n) is 6.65. The van der Waals surface area contributed by atoms with Crippen LogP contribution in [0.25, 0.3) is 0 Å². The van der Waals surface area contributed by atoms with Crippen molar-refractivity contribution >= 4 is 40.7 Å². The second-order valence-corrected chi connectivity index (χ2v) is 8.17. The fourth-order valence-corrected chi connectivity index (χ4v) is 4.31. The molecule has 1 heterocycles. The van der Waals surface area contributed by atoms with E-state index >= 15 is 0 Å². The molecule has 3 aromatic rings. The molecule has 4 rings (SSSR count). The van der Waals surface area contributed by atoms with Gasteiger partial charge < -0.3 is 5.32 Å². The zero-order chi connectivity index (χ0) is 20.4. The highest BCUT2D eigenvalue weighted by Crippen LogP contribution is 2.41. The Bertz CT molecular complexity index is 1110. The summed E-state index contributed by atoms with van der Waals surface area (Å²) in [5, 5.41) is 3.55. The SMILES string of the molecule is CCC1=Nc2cc(C(=O)NCc3ccc(F)cc3)ccc2Sc2ccc(Cl)cc21. The van der Waals surface area contributed by atoms with Crippen LogP contribution in [-0.4, -0.2) is 11.6 Å². The van der Waals surface area contributed by atoms with Gasteiger partial charge in [-0.25, -0.2) is 4.39 Å². The van der Waals surface area contributed by atoms with Crippen molar-refractivity contribution in [1.82, 2.24) is 5.32 Å². The summed E-state index contributed by atoms with van der Waals surface area (Å²) >= 11 is 7.81. The van der Waals surface area contributed by atoms with Gasteiger partial charge >= 0.3 is 0 Å². The van der Waals surface area contributed by atoms with Gasteiger partial charge in [0.15, 0.2) is 0 Å². The average molecular weight is 425 g/mol. The number of nitrogens with zero attached hydrogens (tertiary/aromatic N) is 1. The molecule has 6 heteroatoms. The molecule has 0 bridgehead atoms. The largest absolute Gasteiger partial charge is 0.348 e. The smallest absolute Gasteiger partial charge is 0.251 e. The number of nitrogens with one attached hydrogen (secondary N) is 1. The first-order chi connectivity index (χ1) is 14.0. The van der Waals surface area contributed by atoms with E-state index in [1.54, 1.807) is 30.0 Å².